The van der Waals surface area contributed by atoms with Gasteiger partial charge in [-0.3, -0.25) is 14.3 Å². The SMILES string of the molecule is COC(=O)[C@H](CCCN=C(N)N)NS(=O)(=O)O. The fourth-order valence-corrected chi connectivity index (χ4v) is 1.62. The van der Waals surface area contributed by atoms with Gasteiger partial charge in [0.2, 0.25) is 0 Å². The molecule has 0 aliphatic carbocycles. The first-order chi connectivity index (χ1) is 7.76. The van der Waals surface area contributed by atoms with Crippen LogP contribution in [0.1, 0.15) is 12.8 Å². The first-order valence-corrected chi connectivity index (χ1v) is 6.08. The van der Waals surface area contributed by atoms with Crippen LogP contribution >= 0.6 is 0 Å². The second-order valence-corrected chi connectivity index (χ2v) is 4.30. The quantitative estimate of drug-likeness (QED) is 0.136. The van der Waals surface area contributed by atoms with E-state index in [1.807, 2.05) is 0 Å². The van der Waals surface area contributed by atoms with E-state index < -0.39 is 22.3 Å². The van der Waals surface area contributed by atoms with E-state index in [0.29, 0.717) is 6.42 Å². The number of esters is 1. The highest BCUT2D eigenvalue weighted by atomic mass is 32.2. The maximum Gasteiger partial charge on any atom is 0.334 e. The predicted octanol–water partition coefficient (Wildman–Crippen LogP) is -2.03. The van der Waals surface area contributed by atoms with Gasteiger partial charge in [0.1, 0.15) is 6.04 Å². The van der Waals surface area contributed by atoms with Gasteiger partial charge in [-0.1, -0.05) is 0 Å². The van der Waals surface area contributed by atoms with Crippen molar-refractivity contribution >= 4 is 22.2 Å². The average molecular weight is 268 g/mol. The summed E-state index contributed by atoms with van der Waals surface area (Å²) in [6.07, 6.45) is 0.448. The van der Waals surface area contributed by atoms with Crippen molar-refractivity contribution in [1.82, 2.24) is 4.72 Å². The molecule has 0 aromatic heterocycles. The molecule has 0 aromatic rings. The zero-order valence-corrected chi connectivity index (χ0v) is 10.1. The minimum Gasteiger partial charge on any atom is -0.468 e. The molecule has 0 fully saturated rings. The van der Waals surface area contributed by atoms with Crippen molar-refractivity contribution in [2.45, 2.75) is 18.9 Å². The number of methoxy groups -OCH3 is 1. The molecule has 6 N–H and O–H groups in total. The fraction of sp³-hybridized carbons (Fsp3) is 0.714. The number of aliphatic imine (C=N–C) groups is 1. The van der Waals surface area contributed by atoms with Crippen molar-refractivity contribution in [3.05, 3.63) is 0 Å². The molecule has 100 valence electrons. The Hall–Kier alpha value is -1.39. The van der Waals surface area contributed by atoms with Crippen LogP contribution in [-0.2, 0) is 19.8 Å². The number of hydrogen-bond acceptors (Lipinski definition) is 5. The standard InChI is InChI=1S/C7H16N4O5S/c1-16-6(12)5(11-17(13,14)15)3-2-4-10-7(8)9/h5,11H,2-4H2,1H3,(H4,8,9,10)(H,13,14,15)/t5-/m0/s1. The molecule has 0 aliphatic heterocycles. The van der Waals surface area contributed by atoms with E-state index in [1.54, 1.807) is 4.72 Å². The Labute approximate surface area is 99.1 Å². The van der Waals surface area contributed by atoms with Crippen LogP contribution in [0, 0.1) is 0 Å². The Bertz CT molecular complexity index is 376. The predicted molar refractivity (Wildman–Crippen MR) is 60.4 cm³/mol. The summed E-state index contributed by atoms with van der Waals surface area (Å²) >= 11 is 0. The summed E-state index contributed by atoms with van der Waals surface area (Å²) in [7, 11) is -3.36. The molecule has 0 radical (unpaired) electrons. The van der Waals surface area contributed by atoms with Crippen molar-refractivity contribution in [1.29, 1.82) is 0 Å². The lowest BCUT2D eigenvalue weighted by Crippen LogP contribution is -2.41. The van der Waals surface area contributed by atoms with Gasteiger partial charge in [0.05, 0.1) is 7.11 Å². The largest absolute Gasteiger partial charge is 0.468 e. The monoisotopic (exact) mass is 268 g/mol. The lowest BCUT2D eigenvalue weighted by molar-refractivity contribution is -0.142. The lowest BCUT2D eigenvalue weighted by atomic mass is 10.2. The topological polar surface area (TPSA) is 157 Å². The third-order valence-electron chi connectivity index (χ3n) is 1.72. The highest BCUT2D eigenvalue weighted by Crippen LogP contribution is 2.01. The van der Waals surface area contributed by atoms with Gasteiger partial charge in [0, 0.05) is 6.54 Å². The van der Waals surface area contributed by atoms with Gasteiger partial charge >= 0.3 is 16.3 Å². The Morgan fingerprint density at radius 1 is 1.53 bits per heavy atom. The third kappa shape index (κ3) is 8.42. The number of hydrogen-bond donors (Lipinski definition) is 4. The van der Waals surface area contributed by atoms with Gasteiger partial charge in [0.25, 0.3) is 0 Å². The second kappa shape index (κ2) is 7.04. The molecule has 0 spiro atoms. The number of rotatable bonds is 7. The summed E-state index contributed by atoms with van der Waals surface area (Å²) in [6.45, 7) is 0.239. The molecular weight excluding hydrogens is 252 g/mol. The van der Waals surface area contributed by atoms with Crippen molar-refractivity contribution in [3.8, 4) is 0 Å². The molecule has 0 heterocycles. The first kappa shape index (κ1) is 15.6. The number of nitrogens with zero attached hydrogens (tertiary/aromatic N) is 1. The van der Waals surface area contributed by atoms with Crippen LogP contribution in [0.2, 0.25) is 0 Å². The number of carbonyl (C=O) groups excluding carboxylic acids is 1. The summed E-state index contributed by atoms with van der Waals surface area (Å²) in [5.74, 6) is -0.894. The van der Waals surface area contributed by atoms with Gasteiger partial charge in [-0.2, -0.15) is 13.1 Å². The summed E-state index contributed by atoms with van der Waals surface area (Å²) in [5.41, 5.74) is 10.2. The summed E-state index contributed by atoms with van der Waals surface area (Å²) in [5, 5.41) is 0. The van der Waals surface area contributed by atoms with E-state index in [0.717, 1.165) is 7.11 Å². The highest BCUT2D eigenvalue weighted by molar-refractivity contribution is 7.83. The maximum atomic E-state index is 11.2. The number of guanidine groups is 1. The van der Waals surface area contributed by atoms with Crippen LogP contribution in [0.5, 0.6) is 0 Å². The van der Waals surface area contributed by atoms with Crippen LogP contribution in [0.15, 0.2) is 4.99 Å². The van der Waals surface area contributed by atoms with E-state index >= 15 is 0 Å². The van der Waals surface area contributed by atoms with E-state index in [9.17, 15) is 13.2 Å². The van der Waals surface area contributed by atoms with Crippen molar-refractivity contribution < 1.29 is 22.5 Å². The summed E-state index contributed by atoms with van der Waals surface area (Å²) < 4.78 is 35.8. The Kier molecular flexibility index (Phi) is 6.46. The molecule has 0 aliphatic rings. The molecule has 1 atom stereocenters. The molecule has 17 heavy (non-hydrogen) atoms. The average Bonchev–Trinajstić information content (AvgIpc) is 2.19. The molecule has 0 saturated carbocycles. The molecule has 9 nitrogen and oxygen atoms in total. The van der Waals surface area contributed by atoms with Crippen LogP contribution in [0.3, 0.4) is 0 Å². The van der Waals surface area contributed by atoms with Crippen molar-refractivity contribution in [2.24, 2.45) is 16.5 Å². The molecule has 0 rings (SSSR count). The Morgan fingerprint density at radius 2 is 2.12 bits per heavy atom. The zero-order valence-electron chi connectivity index (χ0n) is 9.29. The summed E-state index contributed by atoms with van der Waals surface area (Å²) in [4.78, 5) is 14.8. The smallest absolute Gasteiger partial charge is 0.334 e. The lowest BCUT2D eigenvalue weighted by Gasteiger charge is -2.13. The molecular formula is C7H16N4O5S. The molecule has 0 bridgehead atoms. The number of nitrogens with two attached hydrogens (primary N) is 2. The normalized spacial score (nSPS) is 12.8. The van der Waals surface area contributed by atoms with Gasteiger partial charge < -0.3 is 16.2 Å². The fourth-order valence-electron chi connectivity index (χ4n) is 1.05. The molecule has 0 amide bonds. The van der Waals surface area contributed by atoms with Crippen molar-refractivity contribution in [2.75, 3.05) is 13.7 Å². The van der Waals surface area contributed by atoms with Gasteiger partial charge in [-0.05, 0) is 12.8 Å². The Morgan fingerprint density at radius 3 is 2.53 bits per heavy atom. The number of carbonyl (C=O) groups is 1. The molecule has 10 heteroatoms. The first-order valence-electron chi connectivity index (χ1n) is 4.64. The minimum absolute atomic E-state index is 0.0950. The highest BCUT2D eigenvalue weighted by Gasteiger charge is 2.23. The number of nitrogens with one attached hydrogen (secondary N) is 1. The Balaban J connectivity index is 4.31. The van der Waals surface area contributed by atoms with E-state index in [1.165, 1.54) is 0 Å². The zero-order chi connectivity index (χ0) is 13.5. The van der Waals surface area contributed by atoms with E-state index in [4.69, 9.17) is 16.0 Å². The van der Waals surface area contributed by atoms with Gasteiger partial charge in [-0.15, -0.1) is 0 Å². The molecule has 0 saturated heterocycles. The van der Waals surface area contributed by atoms with Crippen LogP contribution in [0.25, 0.3) is 0 Å². The summed E-state index contributed by atoms with van der Waals surface area (Å²) in [6, 6.07) is -1.16. The third-order valence-corrected chi connectivity index (χ3v) is 2.30. The van der Waals surface area contributed by atoms with Crippen LogP contribution in [0.4, 0.5) is 0 Å². The molecule has 0 aromatic carbocycles. The minimum atomic E-state index is -4.47. The van der Waals surface area contributed by atoms with E-state index in [-0.39, 0.29) is 18.9 Å². The van der Waals surface area contributed by atoms with Gasteiger partial charge in [-0.25, -0.2) is 0 Å². The van der Waals surface area contributed by atoms with Crippen LogP contribution in [-0.4, -0.2) is 44.6 Å². The number of ether oxygens (including phenoxy) is 1. The maximum absolute atomic E-state index is 11.2. The molecule has 0 unspecified atom stereocenters. The second-order valence-electron chi connectivity index (χ2n) is 3.12. The van der Waals surface area contributed by atoms with Gasteiger partial charge in [0.15, 0.2) is 5.96 Å². The van der Waals surface area contributed by atoms with E-state index in [2.05, 4.69) is 9.73 Å². The van der Waals surface area contributed by atoms with Crippen LogP contribution < -0.4 is 16.2 Å². The van der Waals surface area contributed by atoms with Crippen molar-refractivity contribution in [3.63, 3.8) is 0 Å².